The van der Waals surface area contributed by atoms with Crippen molar-refractivity contribution in [3.8, 4) is 22.9 Å². The smallest absolute Gasteiger partial charge is 0.269 e. The van der Waals surface area contributed by atoms with Crippen molar-refractivity contribution >= 4 is 11.4 Å². The summed E-state index contributed by atoms with van der Waals surface area (Å²) in [6, 6.07) is 12.2. The van der Waals surface area contributed by atoms with Gasteiger partial charge >= 0.3 is 0 Å². The highest BCUT2D eigenvalue weighted by atomic mass is 35.5. The molecule has 1 aliphatic heterocycles. The van der Waals surface area contributed by atoms with Crippen LogP contribution in [0, 0.1) is 10.1 Å². The van der Waals surface area contributed by atoms with Crippen LogP contribution in [0.3, 0.4) is 0 Å². The molecule has 0 radical (unpaired) electrons. The van der Waals surface area contributed by atoms with E-state index in [1.54, 1.807) is 12.1 Å². The molecule has 0 spiro atoms. The van der Waals surface area contributed by atoms with E-state index in [4.69, 9.17) is 4.42 Å². The molecule has 140 valence electrons. The lowest BCUT2D eigenvalue weighted by molar-refractivity contribution is -0.904. The number of hydrogen-bond donors (Lipinski definition) is 0. The largest absolute Gasteiger partial charge is 1.00 e. The molecule has 0 amide bonds. The number of halogens is 1. The van der Waals surface area contributed by atoms with E-state index >= 15 is 0 Å². The molecule has 0 aliphatic carbocycles. The van der Waals surface area contributed by atoms with Crippen LogP contribution in [0.2, 0.25) is 0 Å². The second-order valence-corrected chi connectivity index (χ2v) is 6.86. The van der Waals surface area contributed by atoms with Gasteiger partial charge in [-0.2, -0.15) is 0 Å². The summed E-state index contributed by atoms with van der Waals surface area (Å²) in [5.74, 6) is 0.768. The third kappa shape index (κ3) is 3.24. The second kappa shape index (κ2) is 6.64. The third-order valence-corrected chi connectivity index (χ3v) is 4.79. The summed E-state index contributed by atoms with van der Waals surface area (Å²) in [6.45, 7) is 0.892. The Kier molecular flexibility index (Phi) is 4.63. The first-order valence-electron chi connectivity index (χ1n) is 8.14. The number of nitro benzene ring substituents is 1. The van der Waals surface area contributed by atoms with E-state index in [0.29, 0.717) is 17.3 Å². The van der Waals surface area contributed by atoms with Crippen molar-refractivity contribution in [2.75, 3.05) is 26.2 Å². The van der Waals surface area contributed by atoms with E-state index in [0.717, 1.165) is 16.7 Å². The summed E-state index contributed by atoms with van der Waals surface area (Å²) in [5.41, 5.74) is 3.95. The first-order chi connectivity index (χ1) is 12.3. The number of nitrogens with zero attached hydrogens (tertiary/aromatic N) is 5. The highest BCUT2D eigenvalue weighted by Crippen LogP contribution is 2.36. The van der Waals surface area contributed by atoms with Gasteiger partial charge in [-0.15, -0.1) is 10.2 Å². The Bertz CT molecular complexity index is 1000. The molecule has 0 fully saturated rings. The van der Waals surface area contributed by atoms with Crippen molar-refractivity contribution in [2.45, 2.75) is 6.54 Å². The van der Waals surface area contributed by atoms with Gasteiger partial charge in [-0.25, -0.2) is 9.60 Å². The molecule has 4 rings (SSSR count). The molecule has 0 saturated heterocycles. The van der Waals surface area contributed by atoms with Crippen molar-refractivity contribution in [1.29, 1.82) is 0 Å². The molecular weight excluding hydrogens is 370 g/mol. The van der Waals surface area contributed by atoms with E-state index in [1.165, 1.54) is 23.4 Å². The Morgan fingerprint density at radius 3 is 2.30 bits per heavy atom. The monoisotopic (exact) mass is 387 g/mol. The highest BCUT2D eigenvalue weighted by Gasteiger charge is 2.33. The van der Waals surface area contributed by atoms with Crippen LogP contribution < -0.4 is 17.4 Å². The van der Waals surface area contributed by atoms with Gasteiger partial charge in [0.15, 0.2) is 0 Å². The molecule has 9 heteroatoms. The number of rotatable bonds is 3. The fourth-order valence-corrected chi connectivity index (χ4v) is 3.16. The van der Waals surface area contributed by atoms with Crippen LogP contribution in [0.25, 0.3) is 22.9 Å². The molecule has 0 bridgehead atoms. The summed E-state index contributed by atoms with van der Waals surface area (Å²) < 4.78 is 6.54. The maximum Gasteiger partial charge on any atom is 0.269 e. The van der Waals surface area contributed by atoms with Crippen molar-refractivity contribution in [1.82, 2.24) is 10.2 Å². The van der Waals surface area contributed by atoms with E-state index < -0.39 is 4.92 Å². The van der Waals surface area contributed by atoms with E-state index in [1.807, 2.05) is 6.07 Å². The van der Waals surface area contributed by atoms with Crippen LogP contribution >= 0.6 is 0 Å². The van der Waals surface area contributed by atoms with Crippen molar-refractivity contribution in [3.05, 3.63) is 58.1 Å². The highest BCUT2D eigenvalue weighted by molar-refractivity contribution is 5.65. The first-order valence-corrected chi connectivity index (χ1v) is 8.14. The Balaban J connectivity index is 0.00000210. The molecular formula is C18H18ClN5O3. The topological polar surface area (TPSA) is 85.3 Å². The molecule has 2 aromatic carbocycles. The number of fused-ring (bicyclic) bond motifs is 1. The molecule has 0 unspecified atom stereocenters. The molecule has 0 atom stereocenters. The first kappa shape index (κ1) is 18.8. The van der Waals surface area contributed by atoms with Crippen LogP contribution in [0.15, 0.2) is 46.9 Å². The number of aromatic nitrogens is 2. The maximum atomic E-state index is 10.7. The van der Waals surface area contributed by atoms with Crippen LogP contribution in [0.1, 0.15) is 5.56 Å². The average Bonchev–Trinajstić information content (AvgIpc) is 3.18. The summed E-state index contributed by atoms with van der Waals surface area (Å²) >= 11 is 0. The number of benzene rings is 2. The van der Waals surface area contributed by atoms with Crippen LogP contribution in [0.5, 0.6) is 0 Å². The number of quaternary nitrogens is 1. The number of non-ortho nitro benzene ring substituents is 1. The predicted octanol–water partition coefficient (Wildman–Crippen LogP) is 0.257. The quantitative estimate of drug-likeness (QED) is 0.364. The number of nitro groups is 1. The lowest BCUT2D eigenvalue weighted by Crippen LogP contribution is -3.00. The van der Waals surface area contributed by atoms with E-state index in [2.05, 4.69) is 48.5 Å². The van der Waals surface area contributed by atoms with Gasteiger partial charge in [0.1, 0.15) is 6.54 Å². The van der Waals surface area contributed by atoms with Crippen molar-refractivity contribution < 1.29 is 26.3 Å². The fourth-order valence-electron chi connectivity index (χ4n) is 3.16. The molecule has 0 N–H and O–H groups in total. The summed E-state index contributed by atoms with van der Waals surface area (Å²) in [5, 5.41) is 21.2. The predicted molar refractivity (Wildman–Crippen MR) is 96.0 cm³/mol. The molecule has 8 nitrogen and oxygen atoms in total. The van der Waals surface area contributed by atoms with Crippen molar-refractivity contribution in [2.24, 2.45) is 0 Å². The van der Waals surface area contributed by atoms with Gasteiger partial charge in [-0.1, -0.05) is 0 Å². The van der Waals surface area contributed by atoms with Crippen LogP contribution in [0.4, 0.5) is 11.4 Å². The van der Waals surface area contributed by atoms with Gasteiger partial charge in [-0.3, -0.25) is 10.1 Å². The molecule has 1 aromatic heterocycles. The molecule has 27 heavy (non-hydrogen) atoms. The Morgan fingerprint density at radius 2 is 1.67 bits per heavy atom. The van der Waals surface area contributed by atoms with E-state index in [9.17, 15) is 10.1 Å². The average molecular weight is 388 g/mol. The maximum absolute atomic E-state index is 10.7. The lowest BCUT2D eigenvalue weighted by Gasteiger charge is -2.31. The Morgan fingerprint density at radius 1 is 1.07 bits per heavy atom. The van der Waals surface area contributed by atoms with Crippen LogP contribution in [-0.4, -0.2) is 40.9 Å². The molecule has 1 aliphatic rings. The Labute approximate surface area is 162 Å². The number of hydrogen-bond acceptors (Lipinski definition) is 6. The lowest BCUT2D eigenvalue weighted by atomic mass is 10.1. The molecule has 0 saturated carbocycles. The standard InChI is InChI=1S/C18H18N5O3.ClH/c1-21-16-9-6-13(10-14(16)11-23(21,2)3)18-20-19-17(26-18)12-4-7-15(8-5-12)22(24)25;/h4-10H,11H2,1-3H3;1H/q+1;/p-1. The van der Waals surface area contributed by atoms with Gasteiger partial charge in [0.2, 0.25) is 11.8 Å². The zero-order valence-electron chi connectivity index (χ0n) is 15.1. The van der Waals surface area contributed by atoms with E-state index in [-0.39, 0.29) is 18.1 Å². The summed E-state index contributed by atoms with van der Waals surface area (Å²) in [4.78, 5) is 10.3. The zero-order chi connectivity index (χ0) is 18.5. The SMILES string of the molecule is CN1c2ccc(-c3nnc(-c4ccc([N+](=O)[O-])cc4)o3)cc2C[N+]1(C)C.[Cl-]. The summed E-state index contributed by atoms with van der Waals surface area (Å²) in [7, 11) is 6.38. The summed E-state index contributed by atoms with van der Waals surface area (Å²) in [6.07, 6.45) is 0. The fraction of sp³-hybridized carbons (Fsp3) is 0.222. The van der Waals surface area contributed by atoms with Crippen molar-refractivity contribution in [3.63, 3.8) is 0 Å². The minimum absolute atomic E-state index is 0. The van der Waals surface area contributed by atoms with Gasteiger partial charge in [0.05, 0.1) is 31.8 Å². The van der Waals surface area contributed by atoms with Crippen LogP contribution in [-0.2, 0) is 6.54 Å². The van der Waals surface area contributed by atoms with Gasteiger partial charge in [0.25, 0.3) is 5.69 Å². The number of anilines is 1. The zero-order valence-corrected chi connectivity index (χ0v) is 15.8. The molecule has 2 heterocycles. The minimum atomic E-state index is -0.440. The van der Waals surface area contributed by atoms with Gasteiger partial charge in [-0.05, 0) is 30.3 Å². The van der Waals surface area contributed by atoms with Gasteiger partial charge in [0, 0.05) is 28.8 Å². The van der Waals surface area contributed by atoms with Gasteiger partial charge < -0.3 is 16.8 Å². The Hall–Kier alpha value is -2.97. The third-order valence-electron chi connectivity index (χ3n) is 4.79. The second-order valence-electron chi connectivity index (χ2n) is 6.86. The normalized spacial score (nSPS) is 14.6. The minimum Gasteiger partial charge on any atom is -1.00 e. The molecule has 3 aromatic rings.